The molecule has 3 atom stereocenters. The molecule has 0 aliphatic rings. The number of hydrogen-bond donors (Lipinski definition) is 4. The second kappa shape index (κ2) is 13.3. The SMILES string of the molecule is CC(C)C[C@@H](COC(=O)C(F)(F)F)NC(=O)c1cccc2c(C[C@@H](C)NC[C@H](O)c3cccc(Cl)c3)c[nH]c12. The van der Waals surface area contributed by atoms with Crippen LogP contribution in [0.2, 0.25) is 5.02 Å². The summed E-state index contributed by atoms with van der Waals surface area (Å²) in [5.41, 5.74) is 2.59. The Morgan fingerprint density at radius 3 is 2.51 bits per heavy atom. The van der Waals surface area contributed by atoms with Gasteiger partial charge in [0.1, 0.15) is 6.61 Å². The van der Waals surface area contributed by atoms with Crippen molar-refractivity contribution in [3.63, 3.8) is 0 Å². The van der Waals surface area contributed by atoms with Gasteiger partial charge in [0, 0.05) is 29.2 Å². The molecule has 39 heavy (non-hydrogen) atoms. The van der Waals surface area contributed by atoms with Gasteiger partial charge in [0.2, 0.25) is 0 Å². The van der Waals surface area contributed by atoms with E-state index in [0.717, 1.165) is 10.9 Å². The lowest BCUT2D eigenvalue weighted by Gasteiger charge is -2.21. The van der Waals surface area contributed by atoms with E-state index in [1.54, 1.807) is 36.4 Å². The van der Waals surface area contributed by atoms with Gasteiger partial charge in [-0.2, -0.15) is 13.2 Å². The van der Waals surface area contributed by atoms with Crippen LogP contribution in [0.25, 0.3) is 10.9 Å². The molecule has 11 heteroatoms. The van der Waals surface area contributed by atoms with Gasteiger partial charge in [-0.3, -0.25) is 4.79 Å². The third kappa shape index (κ3) is 8.71. The lowest BCUT2D eigenvalue weighted by Crippen LogP contribution is -2.41. The van der Waals surface area contributed by atoms with Crippen LogP contribution in [-0.2, 0) is 16.0 Å². The Morgan fingerprint density at radius 2 is 1.85 bits per heavy atom. The number of carbonyl (C=O) groups is 2. The van der Waals surface area contributed by atoms with E-state index in [1.807, 2.05) is 33.0 Å². The molecular formula is C28H33ClF3N3O4. The topological polar surface area (TPSA) is 103 Å². The number of amides is 1. The first-order valence-electron chi connectivity index (χ1n) is 12.7. The molecule has 0 unspecified atom stereocenters. The number of alkyl halides is 3. The Hall–Kier alpha value is -3.08. The third-order valence-corrected chi connectivity index (χ3v) is 6.44. The van der Waals surface area contributed by atoms with Crippen LogP contribution in [0.5, 0.6) is 0 Å². The summed E-state index contributed by atoms with van der Waals surface area (Å²) in [5.74, 6) is -2.73. The number of aliphatic hydroxyl groups excluding tert-OH is 1. The molecule has 0 aliphatic carbocycles. The summed E-state index contributed by atoms with van der Waals surface area (Å²) >= 11 is 6.01. The lowest BCUT2D eigenvalue weighted by molar-refractivity contribution is -0.200. The van der Waals surface area contributed by atoms with Gasteiger partial charge in [-0.25, -0.2) is 4.79 Å². The van der Waals surface area contributed by atoms with Crippen molar-refractivity contribution in [3.05, 3.63) is 70.4 Å². The fraction of sp³-hybridized carbons (Fsp3) is 0.429. The quantitative estimate of drug-likeness (QED) is 0.222. The van der Waals surface area contributed by atoms with Crippen LogP contribution in [0.3, 0.4) is 0 Å². The fourth-order valence-corrected chi connectivity index (χ4v) is 4.57. The number of aromatic amines is 1. The highest BCUT2D eigenvalue weighted by atomic mass is 35.5. The Morgan fingerprint density at radius 1 is 1.13 bits per heavy atom. The summed E-state index contributed by atoms with van der Waals surface area (Å²) < 4.78 is 42.0. The number of esters is 1. The summed E-state index contributed by atoms with van der Waals surface area (Å²) in [7, 11) is 0. The van der Waals surface area contributed by atoms with Crippen molar-refractivity contribution < 1.29 is 32.6 Å². The maximum atomic E-state index is 13.1. The van der Waals surface area contributed by atoms with Crippen molar-refractivity contribution in [1.82, 2.24) is 15.6 Å². The average molecular weight is 568 g/mol. The molecule has 0 fully saturated rings. The van der Waals surface area contributed by atoms with Crippen molar-refractivity contribution in [2.75, 3.05) is 13.2 Å². The van der Waals surface area contributed by atoms with Gasteiger partial charge in [0.25, 0.3) is 5.91 Å². The average Bonchev–Trinajstić information content (AvgIpc) is 3.27. The molecule has 0 aliphatic heterocycles. The van der Waals surface area contributed by atoms with Crippen molar-refractivity contribution in [1.29, 1.82) is 0 Å². The molecule has 3 aromatic rings. The Kier molecular flexibility index (Phi) is 10.4. The second-order valence-electron chi connectivity index (χ2n) is 10.0. The molecule has 4 N–H and O–H groups in total. The molecule has 212 valence electrons. The zero-order valence-corrected chi connectivity index (χ0v) is 22.7. The first-order valence-corrected chi connectivity index (χ1v) is 13.0. The number of aliphatic hydroxyl groups is 1. The normalized spacial score (nSPS) is 14.3. The van der Waals surface area contributed by atoms with Crippen LogP contribution in [0.15, 0.2) is 48.7 Å². The van der Waals surface area contributed by atoms with E-state index in [-0.39, 0.29) is 12.0 Å². The number of hydrogen-bond acceptors (Lipinski definition) is 5. The largest absolute Gasteiger partial charge is 0.490 e. The summed E-state index contributed by atoms with van der Waals surface area (Å²) in [6.45, 7) is 5.43. The van der Waals surface area contributed by atoms with E-state index in [1.165, 1.54) is 0 Å². The molecular weight excluding hydrogens is 535 g/mol. The maximum absolute atomic E-state index is 13.1. The van der Waals surface area contributed by atoms with E-state index < -0.39 is 36.8 Å². The van der Waals surface area contributed by atoms with Crippen molar-refractivity contribution in [2.24, 2.45) is 5.92 Å². The van der Waals surface area contributed by atoms with E-state index in [9.17, 15) is 27.9 Å². The number of para-hydroxylation sites is 1. The fourth-order valence-electron chi connectivity index (χ4n) is 4.38. The van der Waals surface area contributed by atoms with Gasteiger partial charge in [-0.15, -0.1) is 0 Å². The molecule has 0 spiro atoms. The highest BCUT2D eigenvalue weighted by Crippen LogP contribution is 2.24. The predicted molar refractivity (Wildman–Crippen MR) is 144 cm³/mol. The first kappa shape index (κ1) is 30.5. The van der Waals surface area contributed by atoms with Gasteiger partial charge in [-0.1, -0.05) is 49.7 Å². The monoisotopic (exact) mass is 567 g/mol. The van der Waals surface area contributed by atoms with Crippen LogP contribution in [0, 0.1) is 5.92 Å². The van der Waals surface area contributed by atoms with Crippen LogP contribution in [-0.4, -0.2) is 53.4 Å². The summed E-state index contributed by atoms with van der Waals surface area (Å²) in [5, 5.41) is 17.9. The number of benzene rings is 2. The minimum absolute atomic E-state index is 0.00550. The molecule has 0 radical (unpaired) electrons. The number of aromatic nitrogens is 1. The van der Waals surface area contributed by atoms with Gasteiger partial charge in [0.15, 0.2) is 0 Å². The number of fused-ring (bicyclic) bond motifs is 1. The minimum atomic E-state index is -5.10. The zero-order chi connectivity index (χ0) is 28.7. The van der Waals surface area contributed by atoms with Gasteiger partial charge >= 0.3 is 12.1 Å². The van der Waals surface area contributed by atoms with Crippen molar-refractivity contribution in [3.8, 4) is 0 Å². The molecule has 2 aromatic carbocycles. The summed E-state index contributed by atoms with van der Waals surface area (Å²) in [6.07, 6.45) is -3.08. The molecule has 3 rings (SSSR count). The molecule has 0 saturated carbocycles. The summed E-state index contributed by atoms with van der Waals surface area (Å²) in [4.78, 5) is 27.4. The van der Waals surface area contributed by atoms with E-state index in [0.29, 0.717) is 41.1 Å². The molecule has 0 saturated heterocycles. The Labute approximate surface area is 230 Å². The van der Waals surface area contributed by atoms with Gasteiger partial charge in [-0.05, 0) is 55.0 Å². The smallest absolute Gasteiger partial charge is 0.457 e. The summed E-state index contributed by atoms with van der Waals surface area (Å²) in [6, 6.07) is 11.5. The van der Waals surface area contributed by atoms with E-state index in [4.69, 9.17) is 11.6 Å². The number of nitrogens with one attached hydrogen (secondary N) is 3. The molecule has 1 heterocycles. The van der Waals surface area contributed by atoms with Crippen LogP contribution >= 0.6 is 11.6 Å². The van der Waals surface area contributed by atoms with Crippen molar-refractivity contribution in [2.45, 2.75) is 58.0 Å². The molecule has 0 bridgehead atoms. The van der Waals surface area contributed by atoms with Gasteiger partial charge < -0.3 is 25.5 Å². The van der Waals surface area contributed by atoms with Crippen LogP contribution in [0.4, 0.5) is 13.2 Å². The highest BCUT2D eigenvalue weighted by Gasteiger charge is 2.41. The zero-order valence-electron chi connectivity index (χ0n) is 21.9. The predicted octanol–water partition coefficient (Wildman–Crippen LogP) is 5.33. The lowest BCUT2D eigenvalue weighted by atomic mass is 10.0. The third-order valence-electron chi connectivity index (χ3n) is 6.20. The highest BCUT2D eigenvalue weighted by molar-refractivity contribution is 6.30. The Bertz CT molecular complexity index is 1280. The van der Waals surface area contributed by atoms with Crippen molar-refractivity contribution >= 4 is 34.4 Å². The van der Waals surface area contributed by atoms with E-state index >= 15 is 0 Å². The number of carbonyl (C=O) groups excluding carboxylic acids is 2. The first-order chi connectivity index (χ1) is 18.3. The Balaban J connectivity index is 1.66. The minimum Gasteiger partial charge on any atom is -0.457 e. The standard InChI is InChI=1S/C28H33ClF3N3O4/c1-16(2)10-21(15-39-27(38)28(30,31)32)35-26(37)23-9-5-8-22-19(13-34-25(22)23)11-17(3)33-14-24(36)18-6-4-7-20(29)12-18/h4-9,12-13,16-17,21,24,33-34,36H,10-11,14-15H2,1-3H3,(H,35,37)/t17-,21+,24+/m1/s1. The molecule has 7 nitrogen and oxygen atoms in total. The van der Waals surface area contributed by atoms with Gasteiger partial charge in [0.05, 0.1) is 23.2 Å². The number of ether oxygens (including phenoxy) is 1. The maximum Gasteiger partial charge on any atom is 0.490 e. The van der Waals surface area contributed by atoms with Crippen LogP contribution < -0.4 is 10.6 Å². The molecule has 1 amide bonds. The second-order valence-corrected chi connectivity index (χ2v) is 10.5. The molecule has 1 aromatic heterocycles. The van der Waals surface area contributed by atoms with Crippen LogP contribution in [0.1, 0.15) is 54.8 Å². The number of H-pyrrole nitrogens is 1. The van der Waals surface area contributed by atoms with E-state index in [2.05, 4.69) is 20.4 Å². The number of rotatable bonds is 12. The number of halogens is 4.